The summed E-state index contributed by atoms with van der Waals surface area (Å²) in [7, 11) is 0. The molecule has 3 fully saturated rings. The van der Waals surface area contributed by atoms with Crippen LogP contribution in [0.4, 0.5) is 0 Å². The molecule has 3 heteroatoms. The van der Waals surface area contributed by atoms with E-state index in [9.17, 15) is 0 Å². The third-order valence-electron chi connectivity index (χ3n) is 7.74. The highest BCUT2D eigenvalue weighted by atomic mass is 15.2. The van der Waals surface area contributed by atoms with Crippen molar-refractivity contribution < 1.29 is 0 Å². The van der Waals surface area contributed by atoms with Crippen LogP contribution in [0.5, 0.6) is 0 Å². The minimum atomic E-state index is 0.867. The monoisotopic (exact) mass is 437 g/mol. The maximum Gasteiger partial charge on any atom is 0.00931 e. The van der Waals surface area contributed by atoms with Gasteiger partial charge in [0, 0.05) is 18.1 Å². The topological polar surface area (TPSA) is 9.72 Å². The first kappa shape index (κ1) is 28.9. The van der Waals surface area contributed by atoms with Crippen molar-refractivity contribution in [3.05, 3.63) is 0 Å². The lowest BCUT2D eigenvalue weighted by Crippen LogP contribution is -2.29. The van der Waals surface area contributed by atoms with Crippen molar-refractivity contribution >= 4 is 0 Å². The standard InChI is InChI=1S/C10H21N.2C9H19N/c1-3-5-8-11-9-6-7-10(11)4-2;1-3-4-7-10-8-5-6-9(10)2;1-3-7-10-8-5-6-9(10)4-2/h10H,3-9H2,1-2H3;2*9H,3-8H2,1-2H3. The largest absolute Gasteiger partial charge is 0.301 e. The van der Waals surface area contributed by atoms with Crippen LogP contribution in [-0.2, 0) is 0 Å². The van der Waals surface area contributed by atoms with Crippen molar-refractivity contribution in [3.63, 3.8) is 0 Å². The number of likely N-dealkylation sites (tertiary alicyclic amines) is 3. The summed E-state index contributed by atoms with van der Waals surface area (Å²) >= 11 is 0. The van der Waals surface area contributed by atoms with E-state index < -0.39 is 0 Å². The zero-order valence-electron chi connectivity index (χ0n) is 22.5. The molecular formula is C28H59N3. The van der Waals surface area contributed by atoms with Crippen LogP contribution in [0.3, 0.4) is 0 Å². The van der Waals surface area contributed by atoms with Gasteiger partial charge in [0.25, 0.3) is 0 Å². The molecule has 3 aliphatic heterocycles. The highest BCUT2D eigenvalue weighted by Crippen LogP contribution is 2.20. The molecule has 0 radical (unpaired) electrons. The van der Waals surface area contributed by atoms with Crippen LogP contribution < -0.4 is 0 Å². The van der Waals surface area contributed by atoms with Crippen LogP contribution in [-0.4, -0.2) is 72.1 Å². The second-order valence-electron chi connectivity index (χ2n) is 10.2. The summed E-state index contributed by atoms with van der Waals surface area (Å²) in [6.07, 6.45) is 18.0. The normalized spacial score (nSPS) is 27.1. The molecule has 3 unspecified atom stereocenters. The van der Waals surface area contributed by atoms with Gasteiger partial charge in [0.2, 0.25) is 0 Å². The van der Waals surface area contributed by atoms with E-state index in [0.29, 0.717) is 0 Å². The van der Waals surface area contributed by atoms with Gasteiger partial charge >= 0.3 is 0 Å². The first-order valence-electron chi connectivity index (χ1n) is 14.3. The molecule has 0 aromatic rings. The molecule has 3 aliphatic rings. The molecule has 0 aromatic heterocycles. The summed E-state index contributed by atoms with van der Waals surface area (Å²) in [6.45, 7) is 21.8. The Morgan fingerprint density at radius 1 is 0.548 bits per heavy atom. The highest BCUT2D eigenvalue weighted by molar-refractivity contribution is 4.78. The van der Waals surface area contributed by atoms with Crippen molar-refractivity contribution in [1.29, 1.82) is 0 Å². The zero-order chi connectivity index (χ0) is 22.9. The van der Waals surface area contributed by atoms with E-state index in [1.165, 1.54) is 123 Å². The Morgan fingerprint density at radius 3 is 1.42 bits per heavy atom. The average molecular weight is 438 g/mol. The predicted molar refractivity (Wildman–Crippen MR) is 140 cm³/mol. The number of nitrogens with zero attached hydrogens (tertiary/aromatic N) is 3. The van der Waals surface area contributed by atoms with Gasteiger partial charge < -0.3 is 14.7 Å². The van der Waals surface area contributed by atoms with Gasteiger partial charge in [-0.05, 0) is 117 Å². The van der Waals surface area contributed by atoms with Crippen molar-refractivity contribution in [1.82, 2.24) is 14.7 Å². The second-order valence-corrected chi connectivity index (χ2v) is 10.2. The van der Waals surface area contributed by atoms with E-state index >= 15 is 0 Å². The van der Waals surface area contributed by atoms with E-state index in [1.54, 1.807) is 0 Å². The van der Waals surface area contributed by atoms with Gasteiger partial charge in [-0.3, -0.25) is 0 Å². The molecule has 186 valence electrons. The SMILES string of the molecule is CCCCN1CCCC1C.CCCCN1CCCC1CC.CCCN1CCCC1CC. The van der Waals surface area contributed by atoms with E-state index in [-0.39, 0.29) is 0 Å². The quantitative estimate of drug-likeness (QED) is 0.358. The summed E-state index contributed by atoms with van der Waals surface area (Å²) in [5.74, 6) is 0. The Morgan fingerprint density at radius 2 is 1.00 bits per heavy atom. The van der Waals surface area contributed by atoms with Gasteiger partial charge in [-0.2, -0.15) is 0 Å². The van der Waals surface area contributed by atoms with E-state index in [1.807, 2.05) is 0 Å². The minimum absolute atomic E-state index is 0.867. The molecule has 3 atom stereocenters. The molecule has 0 bridgehead atoms. The molecular weight excluding hydrogens is 378 g/mol. The van der Waals surface area contributed by atoms with Crippen LogP contribution in [0.25, 0.3) is 0 Å². The van der Waals surface area contributed by atoms with Crippen molar-refractivity contribution in [2.24, 2.45) is 0 Å². The average Bonchev–Trinajstić information content (AvgIpc) is 3.53. The zero-order valence-corrected chi connectivity index (χ0v) is 22.5. The van der Waals surface area contributed by atoms with Gasteiger partial charge in [-0.1, -0.05) is 47.5 Å². The lowest BCUT2D eigenvalue weighted by molar-refractivity contribution is 0.245. The van der Waals surface area contributed by atoms with E-state index in [0.717, 1.165) is 18.1 Å². The second kappa shape index (κ2) is 18.3. The van der Waals surface area contributed by atoms with Crippen LogP contribution >= 0.6 is 0 Å². The van der Waals surface area contributed by atoms with Crippen LogP contribution in [0.15, 0.2) is 0 Å². The molecule has 0 spiro atoms. The Labute approximate surface area is 197 Å². The first-order chi connectivity index (χ1) is 15.1. The van der Waals surface area contributed by atoms with E-state index in [2.05, 4.69) is 56.2 Å². The molecule has 0 saturated carbocycles. The number of hydrogen-bond acceptors (Lipinski definition) is 3. The van der Waals surface area contributed by atoms with E-state index in [4.69, 9.17) is 0 Å². The number of unbranched alkanes of at least 4 members (excludes halogenated alkanes) is 2. The molecule has 3 rings (SSSR count). The smallest absolute Gasteiger partial charge is 0.00931 e. The van der Waals surface area contributed by atoms with Gasteiger partial charge in [0.1, 0.15) is 0 Å². The molecule has 31 heavy (non-hydrogen) atoms. The maximum absolute atomic E-state index is 2.67. The fourth-order valence-electron chi connectivity index (χ4n) is 5.64. The van der Waals surface area contributed by atoms with Crippen LogP contribution in [0.2, 0.25) is 0 Å². The summed E-state index contributed by atoms with van der Waals surface area (Å²) in [5, 5.41) is 0. The van der Waals surface area contributed by atoms with Crippen LogP contribution in [0, 0.1) is 0 Å². The van der Waals surface area contributed by atoms with Gasteiger partial charge in [0.15, 0.2) is 0 Å². The first-order valence-corrected chi connectivity index (χ1v) is 14.3. The maximum atomic E-state index is 2.67. The summed E-state index contributed by atoms with van der Waals surface area (Å²) in [5.41, 5.74) is 0. The molecule has 0 aromatic carbocycles. The van der Waals surface area contributed by atoms with Crippen molar-refractivity contribution in [2.45, 2.75) is 143 Å². The molecule has 0 amide bonds. The number of hydrogen-bond donors (Lipinski definition) is 0. The Balaban J connectivity index is 0.000000233. The van der Waals surface area contributed by atoms with Gasteiger partial charge in [-0.25, -0.2) is 0 Å². The summed E-state index contributed by atoms with van der Waals surface area (Å²) in [4.78, 5) is 7.92. The van der Waals surface area contributed by atoms with Crippen LogP contribution in [0.1, 0.15) is 125 Å². The molecule has 3 heterocycles. The van der Waals surface area contributed by atoms with Gasteiger partial charge in [-0.15, -0.1) is 0 Å². The third-order valence-corrected chi connectivity index (χ3v) is 7.74. The highest BCUT2D eigenvalue weighted by Gasteiger charge is 2.22. The molecule has 3 nitrogen and oxygen atoms in total. The van der Waals surface area contributed by atoms with Gasteiger partial charge in [0.05, 0.1) is 0 Å². The molecule has 3 saturated heterocycles. The van der Waals surface area contributed by atoms with Crippen molar-refractivity contribution in [3.8, 4) is 0 Å². The molecule has 0 N–H and O–H groups in total. The fourth-order valence-corrected chi connectivity index (χ4v) is 5.64. The lowest BCUT2D eigenvalue weighted by atomic mass is 10.1. The fraction of sp³-hybridized carbons (Fsp3) is 1.00. The summed E-state index contributed by atoms with van der Waals surface area (Å²) < 4.78 is 0. The minimum Gasteiger partial charge on any atom is -0.301 e. The Hall–Kier alpha value is -0.120. The number of rotatable bonds is 10. The predicted octanol–water partition coefficient (Wildman–Crippen LogP) is 7.20. The third kappa shape index (κ3) is 11.5. The summed E-state index contributed by atoms with van der Waals surface area (Å²) in [6, 6.07) is 2.70. The Kier molecular flexibility index (Phi) is 17.1. The molecule has 0 aliphatic carbocycles. The lowest BCUT2D eigenvalue weighted by Gasteiger charge is -2.22. The van der Waals surface area contributed by atoms with Crippen molar-refractivity contribution in [2.75, 3.05) is 39.3 Å². The Bertz CT molecular complexity index is 400.